The maximum absolute atomic E-state index is 12.8. The summed E-state index contributed by atoms with van der Waals surface area (Å²) in [6, 6.07) is 9.80. The number of rotatable bonds is 7. The van der Waals surface area contributed by atoms with Crippen LogP contribution in [0.5, 0.6) is 5.75 Å². The monoisotopic (exact) mass is 345 g/mol. The molecule has 4 rings (SSSR count). The van der Waals surface area contributed by atoms with E-state index in [2.05, 4.69) is 0 Å². The van der Waals surface area contributed by atoms with E-state index in [1.54, 1.807) is 0 Å². The molecule has 3 atom stereocenters. The Labute approximate surface area is 149 Å². The largest absolute Gasteiger partial charge is 0.493 e. The highest BCUT2D eigenvalue weighted by Gasteiger charge is 2.45. The molecule has 0 spiro atoms. The van der Waals surface area contributed by atoms with Crippen molar-refractivity contribution in [1.29, 1.82) is 0 Å². The fraction of sp³-hybridized carbons (Fsp3) is 0.650. The zero-order valence-electron chi connectivity index (χ0n) is 14.6. The van der Waals surface area contributed by atoms with E-state index in [9.17, 15) is 4.79 Å². The lowest BCUT2D eigenvalue weighted by Gasteiger charge is -2.31. The zero-order chi connectivity index (χ0) is 17.1. The molecule has 1 aliphatic heterocycles. The van der Waals surface area contributed by atoms with E-state index in [4.69, 9.17) is 14.2 Å². The molecule has 1 heterocycles. The van der Waals surface area contributed by atoms with Crippen molar-refractivity contribution in [2.24, 2.45) is 5.92 Å². The maximum atomic E-state index is 12.8. The second-order valence-electron chi connectivity index (χ2n) is 7.29. The molecule has 136 valence electrons. The van der Waals surface area contributed by atoms with Crippen molar-refractivity contribution in [3.05, 3.63) is 30.3 Å². The van der Waals surface area contributed by atoms with Gasteiger partial charge in [0.15, 0.2) is 0 Å². The van der Waals surface area contributed by atoms with Crippen LogP contribution >= 0.6 is 0 Å². The number of fused-ring (bicyclic) bond motifs is 2. The van der Waals surface area contributed by atoms with Crippen LogP contribution in [-0.4, -0.2) is 55.4 Å². The van der Waals surface area contributed by atoms with Crippen LogP contribution in [0.25, 0.3) is 0 Å². The number of carbonyl (C=O) groups excluding carboxylic acids is 1. The lowest BCUT2D eigenvalue weighted by Crippen LogP contribution is -2.47. The van der Waals surface area contributed by atoms with Crippen molar-refractivity contribution in [1.82, 2.24) is 4.90 Å². The SMILES string of the molecule is O=C(CCOc1ccccc1)N1CCO[C@H]2CC[C@H]1[C@@H]2OCC1CC1. The van der Waals surface area contributed by atoms with E-state index in [-0.39, 0.29) is 24.2 Å². The highest BCUT2D eigenvalue weighted by atomic mass is 16.5. The smallest absolute Gasteiger partial charge is 0.226 e. The van der Waals surface area contributed by atoms with Gasteiger partial charge in [0.1, 0.15) is 11.9 Å². The van der Waals surface area contributed by atoms with Gasteiger partial charge in [-0.1, -0.05) is 18.2 Å². The summed E-state index contributed by atoms with van der Waals surface area (Å²) < 4.78 is 17.8. The third-order valence-corrected chi connectivity index (χ3v) is 5.43. The van der Waals surface area contributed by atoms with E-state index < -0.39 is 0 Å². The molecule has 1 aromatic carbocycles. The molecule has 0 unspecified atom stereocenters. The van der Waals surface area contributed by atoms with Gasteiger partial charge in [0.25, 0.3) is 0 Å². The highest BCUT2D eigenvalue weighted by Crippen LogP contribution is 2.35. The van der Waals surface area contributed by atoms with Crippen LogP contribution in [0.3, 0.4) is 0 Å². The van der Waals surface area contributed by atoms with Gasteiger partial charge in [-0.05, 0) is 43.7 Å². The number of nitrogens with zero attached hydrogens (tertiary/aromatic N) is 1. The molecule has 2 bridgehead atoms. The van der Waals surface area contributed by atoms with E-state index >= 15 is 0 Å². The van der Waals surface area contributed by atoms with Gasteiger partial charge in [-0.3, -0.25) is 4.79 Å². The Morgan fingerprint density at radius 3 is 2.80 bits per heavy atom. The van der Waals surface area contributed by atoms with Crippen LogP contribution in [-0.2, 0) is 14.3 Å². The molecule has 3 fully saturated rings. The summed E-state index contributed by atoms with van der Waals surface area (Å²) in [5.41, 5.74) is 0. The van der Waals surface area contributed by atoms with Crippen LogP contribution < -0.4 is 4.74 Å². The molecule has 2 saturated carbocycles. The van der Waals surface area contributed by atoms with Gasteiger partial charge in [0.2, 0.25) is 5.91 Å². The van der Waals surface area contributed by atoms with E-state index in [0.717, 1.165) is 31.1 Å². The summed E-state index contributed by atoms with van der Waals surface area (Å²) in [6.07, 6.45) is 5.12. The number of amides is 1. The van der Waals surface area contributed by atoms with E-state index in [1.807, 2.05) is 35.2 Å². The Balaban J connectivity index is 1.32. The molecule has 0 aromatic heterocycles. The average molecular weight is 345 g/mol. The Morgan fingerprint density at radius 2 is 2.00 bits per heavy atom. The van der Waals surface area contributed by atoms with E-state index in [1.165, 1.54) is 12.8 Å². The number of hydrogen-bond acceptors (Lipinski definition) is 4. The lowest BCUT2D eigenvalue weighted by atomic mass is 10.1. The van der Waals surface area contributed by atoms with Crippen LogP contribution in [0.1, 0.15) is 32.1 Å². The predicted molar refractivity (Wildman–Crippen MR) is 93.5 cm³/mol. The first-order chi connectivity index (χ1) is 12.3. The van der Waals surface area contributed by atoms with E-state index in [0.29, 0.717) is 26.2 Å². The Kier molecular flexibility index (Phi) is 5.22. The standard InChI is InChI=1S/C20H27NO4/c22-19(10-12-23-16-4-2-1-3-5-16)21-11-13-24-18-9-8-17(21)20(18)25-14-15-6-7-15/h1-5,15,17-18,20H,6-14H2/t17-,18-,20-/m0/s1. The summed E-state index contributed by atoms with van der Waals surface area (Å²) >= 11 is 0. The molecule has 0 radical (unpaired) electrons. The molecule has 25 heavy (non-hydrogen) atoms. The maximum Gasteiger partial charge on any atom is 0.226 e. The van der Waals surface area contributed by atoms with Crippen molar-refractivity contribution < 1.29 is 19.0 Å². The molecular weight excluding hydrogens is 318 g/mol. The normalized spacial score (nSPS) is 28.6. The van der Waals surface area contributed by atoms with Gasteiger partial charge in [0.05, 0.1) is 31.8 Å². The van der Waals surface area contributed by atoms with Crippen molar-refractivity contribution in [2.45, 2.75) is 50.4 Å². The van der Waals surface area contributed by atoms with Gasteiger partial charge < -0.3 is 19.1 Å². The fourth-order valence-corrected chi connectivity index (χ4v) is 3.87. The second-order valence-corrected chi connectivity index (χ2v) is 7.29. The van der Waals surface area contributed by atoms with Crippen LogP contribution in [0.4, 0.5) is 0 Å². The first kappa shape index (κ1) is 16.9. The van der Waals surface area contributed by atoms with Crippen LogP contribution in [0.15, 0.2) is 30.3 Å². The first-order valence-electron chi connectivity index (χ1n) is 9.52. The van der Waals surface area contributed by atoms with Gasteiger partial charge in [-0.25, -0.2) is 0 Å². The number of benzene rings is 1. The molecule has 1 saturated heterocycles. The predicted octanol–water partition coefficient (Wildman–Crippen LogP) is 2.64. The van der Waals surface area contributed by atoms with Crippen molar-refractivity contribution >= 4 is 5.91 Å². The second kappa shape index (κ2) is 7.75. The quantitative estimate of drug-likeness (QED) is 0.762. The molecule has 1 amide bonds. The minimum Gasteiger partial charge on any atom is -0.493 e. The molecule has 1 aromatic rings. The van der Waals surface area contributed by atoms with Crippen molar-refractivity contribution in [3.63, 3.8) is 0 Å². The number of ether oxygens (including phenoxy) is 3. The number of para-hydroxylation sites is 1. The van der Waals surface area contributed by atoms with Gasteiger partial charge in [0, 0.05) is 13.2 Å². The van der Waals surface area contributed by atoms with Crippen LogP contribution in [0, 0.1) is 5.92 Å². The van der Waals surface area contributed by atoms with Gasteiger partial charge in [-0.2, -0.15) is 0 Å². The number of carbonyl (C=O) groups is 1. The van der Waals surface area contributed by atoms with Gasteiger partial charge >= 0.3 is 0 Å². The summed E-state index contributed by atoms with van der Waals surface area (Å²) in [5, 5.41) is 0. The molecule has 0 N–H and O–H groups in total. The molecule has 5 nitrogen and oxygen atoms in total. The summed E-state index contributed by atoms with van der Waals surface area (Å²) in [6.45, 7) is 2.49. The fourth-order valence-electron chi connectivity index (χ4n) is 3.87. The topological polar surface area (TPSA) is 48.0 Å². The average Bonchev–Trinajstić information content (AvgIpc) is 3.38. The lowest BCUT2D eigenvalue weighted by molar-refractivity contribution is -0.136. The first-order valence-corrected chi connectivity index (χ1v) is 9.52. The summed E-state index contributed by atoms with van der Waals surface area (Å²) in [4.78, 5) is 14.7. The molecular formula is C20H27NO4. The van der Waals surface area contributed by atoms with Crippen molar-refractivity contribution in [3.8, 4) is 5.75 Å². The molecule has 3 aliphatic rings. The van der Waals surface area contributed by atoms with Crippen LogP contribution in [0.2, 0.25) is 0 Å². The van der Waals surface area contributed by atoms with Crippen molar-refractivity contribution in [2.75, 3.05) is 26.4 Å². The molecule has 2 aliphatic carbocycles. The minimum atomic E-state index is 0.0436. The Morgan fingerprint density at radius 1 is 1.16 bits per heavy atom. The number of hydrogen-bond donors (Lipinski definition) is 0. The summed E-state index contributed by atoms with van der Waals surface area (Å²) in [7, 11) is 0. The molecule has 5 heteroatoms. The Bertz CT molecular complexity index is 574. The summed E-state index contributed by atoms with van der Waals surface area (Å²) in [5.74, 6) is 1.68. The highest BCUT2D eigenvalue weighted by molar-refractivity contribution is 5.77. The zero-order valence-corrected chi connectivity index (χ0v) is 14.6. The minimum absolute atomic E-state index is 0.0436. The third-order valence-electron chi connectivity index (χ3n) is 5.43. The third kappa shape index (κ3) is 4.15. The Hall–Kier alpha value is -1.59. The van der Waals surface area contributed by atoms with Gasteiger partial charge in [-0.15, -0.1) is 0 Å².